The number of amides is 2. The number of methoxy groups -OCH3 is 1. The largest absolute Gasteiger partial charge is 0.382 e. The number of ether oxygens (including phenoxy) is 2. The number of nitrogens with one attached hydrogen (secondary N) is 2. The van der Waals surface area contributed by atoms with Gasteiger partial charge in [-0.3, -0.25) is 9.59 Å². The van der Waals surface area contributed by atoms with Crippen LogP contribution in [-0.4, -0.2) is 58.4 Å². The van der Waals surface area contributed by atoms with Crippen molar-refractivity contribution in [3.8, 4) is 0 Å². The van der Waals surface area contributed by atoms with Crippen LogP contribution in [0.5, 0.6) is 0 Å². The summed E-state index contributed by atoms with van der Waals surface area (Å²) in [7, 11) is 1.55. The van der Waals surface area contributed by atoms with Gasteiger partial charge in [0.05, 0.1) is 19.8 Å². The van der Waals surface area contributed by atoms with Crippen LogP contribution in [0.15, 0.2) is 0 Å². The first-order valence-electron chi connectivity index (χ1n) is 5.00. The van der Waals surface area contributed by atoms with Crippen LogP contribution in [0.1, 0.15) is 0 Å². The Bertz CT molecular complexity index is 211. The van der Waals surface area contributed by atoms with Gasteiger partial charge in [0, 0.05) is 20.2 Å². The van der Waals surface area contributed by atoms with E-state index in [1.807, 2.05) is 0 Å². The fourth-order valence-corrected chi connectivity index (χ4v) is 0.811. The highest BCUT2D eigenvalue weighted by atomic mass is 16.5. The highest BCUT2D eigenvalue weighted by Gasteiger charge is 2.04. The lowest BCUT2D eigenvalue weighted by molar-refractivity contribution is -0.129. The van der Waals surface area contributed by atoms with Gasteiger partial charge in [-0.05, 0) is 0 Å². The molecule has 0 aromatic carbocycles. The zero-order valence-corrected chi connectivity index (χ0v) is 9.45. The fraction of sp³-hybridized carbons (Fsp3) is 0.778. The number of carbonyl (C=O) groups is 2. The Morgan fingerprint density at radius 1 is 1.19 bits per heavy atom. The van der Waals surface area contributed by atoms with Gasteiger partial charge >= 0.3 is 0 Å². The van der Waals surface area contributed by atoms with E-state index in [0.717, 1.165) is 0 Å². The first-order chi connectivity index (χ1) is 7.70. The third-order valence-electron chi connectivity index (χ3n) is 1.58. The van der Waals surface area contributed by atoms with Gasteiger partial charge in [0.15, 0.2) is 0 Å². The topological polar surface area (TPSA) is 103 Å². The third-order valence-corrected chi connectivity index (χ3v) is 1.58. The van der Waals surface area contributed by atoms with Crippen LogP contribution in [0, 0.1) is 0 Å². The van der Waals surface area contributed by atoms with Crippen molar-refractivity contribution in [1.82, 2.24) is 10.6 Å². The highest BCUT2D eigenvalue weighted by Crippen LogP contribution is 1.76. The molecule has 0 saturated heterocycles. The second-order valence-electron chi connectivity index (χ2n) is 2.96. The average Bonchev–Trinajstić information content (AvgIpc) is 2.29. The van der Waals surface area contributed by atoms with Crippen LogP contribution >= 0.6 is 0 Å². The van der Waals surface area contributed by atoms with Gasteiger partial charge in [0.1, 0.15) is 6.61 Å². The summed E-state index contributed by atoms with van der Waals surface area (Å²) in [6.45, 7) is 1.42. The van der Waals surface area contributed by atoms with E-state index in [0.29, 0.717) is 26.3 Å². The highest BCUT2D eigenvalue weighted by molar-refractivity contribution is 5.85. The predicted octanol–water partition coefficient (Wildman–Crippen LogP) is -2.16. The van der Waals surface area contributed by atoms with E-state index in [4.69, 9.17) is 15.2 Å². The van der Waals surface area contributed by atoms with Crippen molar-refractivity contribution in [3.63, 3.8) is 0 Å². The standard InChI is InChI=1S/C9H19N3O4/c1-15-4-5-16-7-9(14)12-6-8(13)11-3-2-10/h2-7,10H2,1H3,(H,11,13)(H,12,14). The summed E-state index contributed by atoms with van der Waals surface area (Å²) in [5, 5.41) is 4.94. The predicted molar refractivity (Wildman–Crippen MR) is 57.8 cm³/mol. The summed E-state index contributed by atoms with van der Waals surface area (Å²) >= 11 is 0. The molecule has 0 atom stereocenters. The summed E-state index contributed by atoms with van der Waals surface area (Å²) < 4.78 is 9.69. The van der Waals surface area contributed by atoms with Gasteiger partial charge in [-0.15, -0.1) is 0 Å². The minimum Gasteiger partial charge on any atom is -0.382 e. The number of nitrogens with two attached hydrogens (primary N) is 1. The van der Waals surface area contributed by atoms with Gasteiger partial charge in [-0.25, -0.2) is 0 Å². The summed E-state index contributed by atoms with van der Waals surface area (Å²) in [5.74, 6) is -0.602. The van der Waals surface area contributed by atoms with E-state index < -0.39 is 0 Å². The molecule has 0 fully saturated rings. The monoisotopic (exact) mass is 233 g/mol. The lowest BCUT2D eigenvalue weighted by Gasteiger charge is -2.06. The van der Waals surface area contributed by atoms with Crippen molar-refractivity contribution in [3.05, 3.63) is 0 Å². The molecule has 0 spiro atoms. The van der Waals surface area contributed by atoms with E-state index in [-0.39, 0.29) is 25.0 Å². The molecule has 0 heterocycles. The van der Waals surface area contributed by atoms with Gasteiger partial charge in [0.25, 0.3) is 0 Å². The Labute approximate surface area is 94.6 Å². The maximum atomic E-state index is 11.1. The molecule has 0 aliphatic carbocycles. The van der Waals surface area contributed by atoms with Crippen molar-refractivity contribution in [2.24, 2.45) is 5.73 Å². The van der Waals surface area contributed by atoms with E-state index in [2.05, 4.69) is 10.6 Å². The molecule has 2 amide bonds. The molecule has 0 aromatic heterocycles. The Hall–Kier alpha value is -1.18. The van der Waals surface area contributed by atoms with Crippen LogP contribution in [0.3, 0.4) is 0 Å². The smallest absolute Gasteiger partial charge is 0.246 e. The Kier molecular flexibility index (Phi) is 9.58. The number of rotatable bonds is 9. The first kappa shape index (κ1) is 14.8. The normalized spacial score (nSPS) is 9.88. The number of hydrogen-bond donors (Lipinski definition) is 3. The van der Waals surface area contributed by atoms with Crippen LogP contribution in [0.4, 0.5) is 0 Å². The van der Waals surface area contributed by atoms with Crippen LogP contribution < -0.4 is 16.4 Å². The molecule has 7 heteroatoms. The number of carbonyl (C=O) groups excluding carboxylic acids is 2. The third kappa shape index (κ3) is 9.38. The quantitative estimate of drug-likeness (QED) is 0.394. The molecule has 0 rings (SSSR count). The molecule has 0 aromatic rings. The molecule has 7 nitrogen and oxygen atoms in total. The zero-order chi connectivity index (χ0) is 12.2. The van der Waals surface area contributed by atoms with Crippen LogP contribution in [0.25, 0.3) is 0 Å². The summed E-state index contributed by atoms with van der Waals surface area (Å²) in [6.07, 6.45) is 0. The lowest BCUT2D eigenvalue weighted by atomic mass is 10.5. The van der Waals surface area contributed by atoms with Gasteiger partial charge in [0.2, 0.25) is 11.8 Å². The van der Waals surface area contributed by atoms with E-state index in [1.165, 1.54) is 0 Å². The minimum atomic E-state index is -0.334. The molecule has 0 bridgehead atoms. The van der Waals surface area contributed by atoms with E-state index in [9.17, 15) is 9.59 Å². The Balaban J connectivity index is 3.38. The summed E-state index contributed by atoms with van der Waals surface area (Å²) in [4.78, 5) is 22.1. The second-order valence-corrected chi connectivity index (χ2v) is 2.96. The lowest BCUT2D eigenvalue weighted by Crippen LogP contribution is -2.40. The second kappa shape index (κ2) is 10.3. The Morgan fingerprint density at radius 3 is 2.56 bits per heavy atom. The van der Waals surface area contributed by atoms with Crippen LogP contribution in [-0.2, 0) is 19.1 Å². The van der Waals surface area contributed by atoms with Crippen molar-refractivity contribution in [2.75, 3.05) is 46.6 Å². The molecule has 0 radical (unpaired) electrons. The Morgan fingerprint density at radius 2 is 1.94 bits per heavy atom. The fourth-order valence-electron chi connectivity index (χ4n) is 0.811. The number of hydrogen-bond acceptors (Lipinski definition) is 5. The molecular formula is C9H19N3O4. The zero-order valence-electron chi connectivity index (χ0n) is 9.45. The molecule has 0 unspecified atom stereocenters. The van der Waals surface area contributed by atoms with Crippen LogP contribution in [0.2, 0.25) is 0 Å². The molecular weight excluding hydrogens is 214 g/mol. The first-order valence-corrected chi connectivity index (χ1v) is 5.00. The molecule has 16 heavy (non-hydrogen) atoms. The van der Waals surface area contributed by atoms with Crippen molar-refractivity contribution in [2.45, 2.75) is 0 Å². The maximum absolute atomic E-state index is 11.1. The minimum absolute atomic E-state index is 0.0630. The maximum Gasteiger partial charge on any atom is 0.246 e. The molecule has 4 N–H and O–H groups in total. The van der Waals surface area contributed by atoms with Crippen molar-refractivity contribution in [1.29, 1.82) is 0 Å². The van der Waals surface area contributed by atoms with Gasteiger partial charge in [-0.2, -0.15) is 0 Å². The molecule has 0 saturated carbocycles. The summed E-state index contributed by atoms with van der Waals surface area (Å²) in [5.41, 5.74) is 5.19. The van der Waals surface area contributed by atoms with Gasteiger partial charge in [-0.1, -0.05) is 0 Å². The molecule has 94 valence electrons. The average molecular weight is 233 g/mol. The van der Waals surface area contributed by atoms with Gasteiger partial charge < -0.3 is 25.8 Å². The molecule has 0 aliphatic rings. The van der Waals surface area contributed by atoms with Crippen molar-refractivity contribution >= 4 is 11.8 Å². The van der Waals surface area contributed by atoms with Crippen molar-refractivity contribution < 1.29 is 19.1 Å². The SMILES string of the molecule is COCCOCC(=O)NCC(=O)NCCN. The molecule has 0 aliphatic heterocycles. The van der Waals surface area contributed by atoms with E-state index >= 15 is 0 Å². The summed E-state index contributed by atoms with van der Waals surface area (Å²) in [6, 6.07) is 0. The van der Waals surface area contributed by atoms with E-state index in [1.54, 1.807) is 7.11 Å².